The van der Waals surface area contributed by atoms with E-state index in [1.807, 2.05) is 63.2 Å². The van der Waals surface area contributed by atoms with Crippen LogP contribution >= 0.6 is 0 Å². The summed E-state index contributed by atoms with van der Waals surface area (Å²) in [6.45, 7) is 10.2. The van der Waals surface area contributed by atoms with Crippen LogP contribution in [0.15, 0.2) is 60.7 Å². The van der Waals surface area contributed by atoms with Gasteiger partial charge in [-0.15, -0.1) is 0 Å². The monoisotopic (exact) mass is 394 g/mol. The molecule has 1 heterocycles. The number of carbonyl (C=O) groups excluding carboxylic acids is 1. The fourth-order valence-corrected chi connectivity index (χ4v) is 4.23. The van der Waals surface area contributed by atoms with Gasteiger partial charge in [-0.3, -0.25) is 4.79 Å². The molecule has 4 rings (SSSR count). The highest BCUT2D eigenvalue weighted by Gasteiger charge is 2.20. The third kappa shape index (κ3) is 3.71. The number of rotatable bonds is 3. The van der Waals surface area contributed by atoms with Crippen LogP contribution in [0.25, 0.3) is 22.2 Å². The quantitative estimate of drug-likeness (QED) is 0.420. The molecule has 1 amide bonds. The van der Waals surface area contributed by atoms with E-state index in [2.05, 4.69) is 37.4 Å². The lowest BCUT2D eigenvalue weighted by atomic mass is 9.94. The van der Waals surface area contributed by atoms with Gasteiger partial charge in [0, 0.05) is 16.6 Å². The van der Waals surface area contributed by atoms with Crippen LogP contribution < -0.4 is 5.32 Å². The lowest BCUT2D eigenvalue weighted by Gasteiger charge is -2.17. The number of hydrogen-bond donors (Lipinski definition) is 1. The second-order valence-corrected chi connectivity index (χ2v) is 8.13. The predicted octanol–water partition coefficient (Wildman–Crippen LogP) is 6.70. The SMILES string of the molecule is Cc1cc(C)cc(NC(=O)c2c(C)c(-c3ccccc3)nc3c(C)cc(C)cc23)c1. The number of amides is 1. The molecule has 30 heavy (non-hydrogen) atoms. The third-order valence-corrected chi connectivity index (χ3v) is 5.42. The van der Waals surface area contributed by atoms with Crippen molar-refractivity contribution in [3.05, 3.63) is 94.0 Å². The van der Waals surface area contributed by atoms with Crippen molar-refractivity contribution < 1.29 is 4.79 Å². The Morgan fingerprint density at radius 1 is 0.800 bits per heavy atom. The van der Waals surface area contributed by atoms with Crippen LogP contribution in [0.5, 0.6) is 0 Å². The molecular weight excluding hydrogens is 368 g/mol. The third-order valence-electron chi connectivity index (χ3n) is 5.42. The molecule has 0 bridgehead atoms. The Balaban J connectivity index is 1.94. The maximum Gasteiger partial charge on any atom is 0.256 e. The summed E-state index contributed by atoms with van der Waals surface area (Å²) in [5.74, 6) is -0.105. The minimum absolute atomic E-state index is 0.105. The lowest BCUT2D eigenvalue weighted by molar-refractivity contribution is 0.102. The molecule has 3 nitrogen and oxygen atoms in total. The molecule has 150 valence electrons. The highest BCUT2D eigenvalue weighted by Crippen LogP contribution is 2.32. The summed E-state index contributed by atoms with van der Waals surface area (Å²) >= 11 is 0. The highest BCUT2D eigenvalue weighted by molar-refractivity contribution is 6.15. The molecule has 0 saturated carbocycles. The van der Waals surface area contributed by atoms with E-state index in [1.54, 1.807) is 0 Å². The fourth-order valence-electron chi connectivity index (χ4n) is 4.23. The van der Waals surface area contributed by atoms with Crippen molar-refractivity contribution in [1.82, 2.24) is 4.98 Å². The largest absolute Gasteiger partial charge is 0.322 e. The normalized spacial score (nSPS) is 11.0. The molecule has 0 aliphatic carbocycles. The fraction of sp³-hybridized carbons (Fsp3) is 0.185. The molecule has 0 fully saturated rings. The molecule has 0 spiro atoms. The summed E-state index contributed by atoms with van der Waals surface area (Å²) in [6.07, 6.45) is 0. The molecule has 0 radical (unpaired) electrons. The van der Waals surface area contributed by atoms with Gasteiger partial charge in [0.2, 0.25) is 0 Å². The first-order chi connectivity index (χ1) is 14.3. The maximum absolute atomic E-state index is 13.5. The highest BCUT2D eigenvalue weighted by atomic mass is 16.1. The molecule has 1 N–H and O–H groups in total. The van der Waals surface area contributed by atoms with Crippen molar-refractivity contribution in [2.24, 2.45) is 0 Å². The number of carbonyl (C=O) groups is 1. The van der Waals surface area contributed by atoms with Crippen LogP contribution in [0.3, 0.4) is 0 Å². The van der Waals surface area contributed by atoms with Gasteiger partial charge in [-0.05, 0) is 75.1 Å². The van der Waals surface area contributed by atoms with Crippen LogP contribution in [-0.4, -0.2) is 10.9 Å². The van der Waals surface area contributed by atoms with Gasteiger partial charge in [-0.25, -0.2) is 4.98 Å². The van der Waals surface area contributed by atoms with Crippen molar-refractivity contribution in [3.63, 3.8) is 0 Å². The van der Waals surface area contributed by atoms with E-state index in [0.717, 1.165) is 55.7 Å². The topological polar surface area (TPSA) is 42.0 Å². The summed E-state index contributed by atoms with van der Waals surface area (Å²) in [4.78, 5) is 18.5. The second-order valence-electron chi connectivity index (χ2n) is 8.13. The Hall–Kier alpha value is -3.46. The number of fused-ring (bicyclic) bond motifs is 1. The van der Waals surface area contributed by atoms with E-state index in [9.17, 15) is 4.79 Å². The first kappa shape index (κ1) is 19.8. The molecule has 0 saturated heterocycles. The Bertz CT molecular complexity index is 1250. The van der Waals surface area contributed by atoms with Gasteiger partial charge >= 0.3 is 0 Å². The van der Waals surface area contributed by atoms with E-state index in [4.69, 9.17) is 4.98 Å². The van der Waals surface area contributed by atoms with Gasteiger partial charge in [0.1, 0.15) is 0 Å². The van der Waals surface area contributed by atoms with E-state index in [0.29, 0.717) is 5.56 Å². The average molecular weight is 395 g/mol. The summed E-state index contributed by atoms with van der Waals surface area (Å²) in [7, 11) is 0. The molecule has 0 atom stereocenters. The molecule has 0 aliphatic heterocycles. The zero-order chi connectivity index (χ0) is 21.4. The van der Waals surface area contributed by atoms with E-state index in [-0.39, 0.29) is 5.91 Å². The molecule has 3 aromatic carbocycles. The van der Waals surface area contributed by atoms with Crippen LogP contribution in [0.4, 0.5) is 5.69 Å². The van der Waals surface area contributed by atoms with Gasteiger partial charge < -0.3 is 5.32 Å². The number of pyridine rings is 1. The number of aryl methyl sites for hydroxylation is 4. The van der Waals surface area contributed by atoms with Gasteiger partial charge in [0.05, 0.1) is 16.8 Å². The molecule has 0 unspecified atom stereocenters. The number of anilines is 1. The van der Waals surface area contributed by atoms with Gasteiger partial charge in [-0.1, -0.05) is 48.0 Å². The number of aromatic nitrogens is 1. The minimum atomic E-state index is -0.105. The Morgan fingerprint density at radius 3 is 2.10 bits per heavy atom. The van der Waals surface area contributed by atoms with Crippen LogP contribution in [0.1, 0.15) is 38.2 Å². The Labute approximate surface area is 177 Å². The van der Waals surface area contributed by atoms with Crippen LogP contribution in [0.2, 0.25) is 0 Å². The van der Waals surface area contributed by atoms with Gasteiger partial charge in [-0.2, -0.15) is 0 Å². The second kappa shape index (κ2) is 7.75. The predicted molar refractivity (Wildman–Crippen MR) is 125 cm³/mol. The molecule has 3 heteroatoms. The first-order valence-electron chi connectivity index (χ1n) is 10.2. The van der Waals surface area contributed by atoms with Crippen molar-refractivity contribution >= 4 is 22.5 Å². The van der Waals surface area contributed by atoms with E-state index < -0.39 is 0 Å². The average Bonchev–Trinajstić information content (AvgIpc) is 2.67. The number of benzene rings is 3. The summed E-state index contributed by atoms with van der Waals surface area (Å²) in [5, 5.41) is 4.02. The van der Waals surface area contributed by atoms with Crippen molar-refractivity contribution in [1.29, 1.82) is 0 Å². The summed E-state index contributed by atoms with van der Waals surface area (Å²) < 4.78 is 0. The van der Waals surface area contributed by atoms with Gasteiger partial charge in [0.25, 0.3) is 5.91 Å². The first-order valence-corrected chi connectivity index (χ1v) is 10.2. The summed E-state index contributed by atoms with van der Waals surface area (Å²) in [5.41, 5.74) is 9.56. The van der Waals surface area contributed by atoms with Gasteiger partial charge in [0.15, 0.2) is 0 Å². The molecule has 0 aliphatic rings. The number of nitrogens with zero attached hydrogens (tertiary/aromatic N) is 1. The Kier molecular flexibility index (Phi) is 5.13. The Morgan fingerprint density at radius 2 is 1.43 bits per heavy atom. The molecular formula is C27H26N2O. The zero-order valence-electron chi connectivity index (χ0n) is 18.1. The maximum atomic E-state index is 13.5. The molecule has 1 aromatic heterocycles. The van der Waals surface area contributed by atoms with Crippen LogP contribution in [0, 0.1) is 34.6 Å². The van der Waals surface area contributed by atoms with E-state index in [1.165, 1.54) is 0 Å². The van der Waals surface area contributed by atoms with Crippen molar-refractivity contribution in [2.75, 3.05) is 5.32 Å². The number of nitrogens with one attached hydrogen (secondary N) is 1. The van der Waals surface area contributed by atoms with Crippen molar-refractivity contribution in [3.8, 4) is 11.3 Å². The van der Waals surface area contributed by atoms with Crippen LogP contribution in [-0.2, 0) is 0 Å². The smallest absolute Gasteiger partial charge is 0.256 e. The molecule has 4 aromatic rings. The standard InChI is InChI=1S/C27H26N2O/c1-16-11-17(2)14-22(13-16)28-27(30)24-20(5)26(21-9-7-6-8-10-21)29-25-19(4)12-18(3)15-23(24)25/h6-15H,1-5H3,(H,28,30). The van der Waals surface area contributed by atoms with E-state index >= 15 is 0 Å². The number of hydrogen-bond acceptors (Lipinski definition) is 2. The summed E-state index contributed by atoms with van der Waals surface area (Å²) in [6, 6.07) is 20.3. The minimum Gasteiger partial charge on any atom is -0.322 e. The van der Waals surface area contributed by atoms with Crippen molar-refractivity contribution in [2.45, 2.75) is 34.6 Å². The zero-order valence-corrected chi connectivity index (χ0v) is 18.1. The lowest BCUT2D eigenvalue weighted by Crippen LogP contribution is -2.16.